The van der Waals surface area contributed by atoms with Crippen molar-refractivity contribution in [3.05, 3.63) is 71.8 Å². The van der Waals surface area contributed by atoms with Gasteiger partial charge >= 0.3 is 12.1 Å². The summed E-state index contributed by atoms with van der Waals surface area (Å²) in [6, 6.07) is 16.1. The molecule has 2 aromatic carbocycles. The SMILES string of the molecule is O=C(CCOCCNC(=O)OCC1c2ccccc2-c2ccccc21)NC1C=CC(C(=O)O)C1. The minimum Gasteiger partial charge on any atom is -0.481 e. The molecule has 0 fully saturated rings. The topological polar surface area (TPSA) is 114 Å². The van der Waals surface area contributed by atoms with E-state index in [2.05, 4.69) is 34.9 Å². The van der Waals surface area contributed by atoms with E-state index >= 15 is 0 Å². The van der Waals surface area contributed by atoms with Crippen molar-refractivity contribution >= 4 is 18.0 Å². The van der Waals surface area contributed by atoms with E-state index in [1.807, 2.05) is 24.3 Å². The third-order valence-corrected chi connectivity index (χ3v) is 6.08. The highest BCUT2D eigenvalue weighted by Crippen LogP contribution is 2.44. The summed E-state index contributed by atoms with van der Waals surface area (Å²) < 4.78 is 10.9. The number of carbonyl (C=O) groups is 3. The second-order valence-electron chi connectivity index (χ2n) is 8.35. The number of aliphatic carboxylic acids is 1. The van der Waals surface area contributed by atoms with E-state index in [4.69, 9.17) is 14.6 Å². The van der Waals surface area contributed by atoms with Crippen LogP contribution < -0.4 is 10.6 Å². The van der Waals surface area contributed by atoms with Crippen molar-refractivity contribution < 1.29 is 29.0 Å². The van der Waals surface area contributed by atoms with Crippen molar-refractivity contribution in [2.45, 2.75) is 24.8 Å². The number of carboxylic acids is 1. The molecule has 0 saturated heterocycles. The lowest BCUT2D eigenvalue weighted by molar-refractivity contribution is -0.140. The number of nitrogens with one attached hydrogen (secondary N) is 2. The first-order valence-corrected chi connectivity index (χ1v) is 11.4. The van der Waals surface area contributed by atoms with Gasteiger partial charge in [-0.15, -0.1) is 0 Å². The van der Waals surface area contributed by atoms with Crippen molar-refractivity contribution in [2.75, 3.05) is 26.4 Å². The van der Waals surface area contributed by atoms with E-state index in [1.54, 1.807) is 12.2 Å². The summed E-state index contributed by atoms with van der Waals surface area (Å²) >= 11 is 0. The van der Waals surface area contributed by atoms with Crippen LogP contribution in [0.15, 0.2) is 60.7 Å². The predicted octanol–water partition coefficient (Wildman–Crippen LogP) is 3.08. The maximum Gasteiger partial charge on any atom is 0.407 e. The quantitative estimate of drug-likeness (QED) is 0.368. The summed E-state index contributed by atoms with van der Waals surface area (Å²) in [6.45, 7) is 0.974. The predicted molar refractivity (Wildman–Crippen MR) is 125 cm³/mol. The summed E-state index contributed by atoms with van der Waals surface area (Å²) in [5.74, 6) is -1.63. The van der Waals surface area contributed by atoms with Gasteiger partial charge in [0.15, 0.2) is 0 Å². The van der Waals surface area contributed by atoms with Gasteiger partial charge in [0.25, 0.3) is 0 Å². The van der Waals surface area contributed by atoms with Crippen LogP contribution in [-0.4, -0.2) is 55.5 Å². The molecule has 2 aliphatic rings. The van der Waals surface area contributed by atoms with Crippen molar-refractivity contribution in [1.82, 2.24) is 10.6 Å². The Morgan fingerprint density at radius 2 is 1.62 bits per heavy atom. The zero-order valence-corrected chi connectivity index (χ0v) is 18.7. The molecule has 2 aromatic rings. The maximum atomic E-state index is 12.1. The molecule has 2 amide bonds. The van der Waals surface area contributed by atoms with Crippen LogP contribution in [0, 0.1) is 5.92 Å². The van der Waals surface area contributed by atoms with E-state index in [1.165, 1.54) is 11.1 Å². The molecule has 0 heterocycles. The molecule has 34 heavy (non-hydrogen) atoms. The molecule has 0 bridgehead atoms. The van der Waals surface area contributed by atoms with Crippen molar-refractivity contribution in [1.29, 1.82) is 0 Å². The number of carboxylic acid groups (broad SMARTS) is 1. The Labute approximate surface area is 198 Å². The largest absolute Gasteiger partial charge is 0.481 e. The van der Waals surface area contributed by atoms with Crippen LogP contribution >= 0.6 is 0 Å². The Morgan fingerprint density at radius 3 is 2.26 bits per heavy atom. The fourth-order valence-electron chi connectivity index (χ4n) is 4.41. The van der Waals surface area contributed by atoms with Gasteiger partial charge in [0.2, 0.25) is 5.91 Å². The van der Waals surface area contributed by atoms with Crippen LogP contribution in [-0.2, 0) is 19.1 Å². The second kappa shape index (κ2) is 11.0. The first-order valence-electron chi connectivity index (χ1n) is 11.4. The molecule has 178 valence electrons. The molecular weight excluding hydrogens is 436 g/mol. The summed E-state index contributed by atoms with van der Waals surface area (Å²) in [6.07, 6.45) is 3.32. The van der Waals surface area contributed by atoms with Crippen molar-refractivity contribution in [2.24, 2.45) is 5.92 Å². The van der Waals surface area contributed by atoms with E-state index in [0.717, 1.165) is 11.1 Å². The Morgan fingerprint density at radius 1 is 0.941 bits per heavy atom. The smallest absolute Gasteiger partial charge is 0.407 e. The number of amides is 2. The molecule has 2 aliphatic carbocycles. The van der Waals surface area contributed by atoms with Gasteiger partial charge in [0, 0.05) is 24.9 Å². The van der Waals surface area contributed by atoms with Gasteiger partial charge in [-0.1, -0.05) is 60.7 Å². The molecule has 0 spiro atoms. The molecule has 2 atom stereocenters. The van der Waals surface area contributed by atoms with Gasteiger partial charge in [-0.2, -0.15) is 0 Å². The highest BCUT2D eigenvalue weighted by Gasteiger charge is 2.29. The number of fused-ring (bicyclic) bond motifs is 3. The average Bonchev–Trinajstić information content (AvgIpc) is 3.43. The van der Waals surface area contributed by atoms with Crippen molar-refractivity contribution in [3.8, 4) is 11.1 Å². The normalized spacial score (nSPS) is 18.2. The Kier molecular flexibility index (Phi) is 7.59. The molecule has 4 rings (SSSR count). The molecular formula is C26H28N2O6. The lowest BCUT2D eigenvalue weighted by Crippen LogP contribution is -2.34. The Bertz CT molecular complexity index is 1040. The molecule has 0 aliphatic heterocycles. The molecule has 8 heteroatoms. The fourth-order valence-corrected chi connectivity index (χ4v) is 4.41. The van der Waals surface area contributed by atoms with Gasteiger partial charge < -0.3 is 25.2 Å². The number of benzene rings is 2. The minimum atomic E-state index is -0.889. The summed E-state index contributed by atoms with van der Waals surface area (Å²) in [4.78, 5) is 35.0. The maximum absolute atomic E-state index is 12.1. The molecule has 8 nitrogen and oxygen atoms in total. The first kappa shape index (κ1) is 23.5. The molecule has 0 aromatic heterocycles. The number of ether oxygens (including phenoxy) is 2. The van der Waals surface area contributed by atoms with E-state index in [-0.39, 0.29) is 50.7 Å². The first-order chi connectivity index (χ1) is 16.5. The molecule has 0 radical (unpaired) electrons. The summed E-state index contributed by atoms with van der Waals surface area (Å²) in [5, 5.41) is 14.4. The number of hydrogen-bond acceptors (Lipinski definition) is 5. The number of rotatable bonds is 10. The van der Waals surface area contributed by atoms with Gasteiger partial charge in [-0.05, 0) is 28.7 Å². The standard InChI is InChI=1S/C26H28N2O6/c29-24(28-18-10-9-17(15-18)25(30)31)11-13-33-14-12-27-26(32)34-16-23-21-7-3-1-5-19(21)20-6-2-4-8-22(20)23/h1-10,17-18,23H,11-16H2,(H,27,32)(H,28,29)(H,30,31). The van der Waals surface area contributed by atoms with Gasteiger partial charge in [0.05, 0.1) is 19.1 Å². The summed E-state index contributed by atoms with van der Waals surface area (Å²) in [7, 11) is 0. The third-order valence-electron chi connectivity index (χ3n) is 6.08. The highest BCUT2D eigenvalue weighted by atomic mass is 16.5. The Hall–Kier alpha value is -3.65. The van der Waals surface area contributed by atoms with E-state index in [9.17, 15) is 14.4 Å². The zero-order chi connectivity index (χ0) is 23.9. The average molecular weight is 465 g/mol. The second-order valence-corrected chi connectivity index (χ2v) is 8.35. The Balaban J connectivity index is 1.10. The van der Waals surface area contributed by atoms with Crippen LogP contribution in [0.25, 0.3) is 11.1 Å². The fraction of sp³-hybridized carbons (Fsp3) is 0.346. The number of hydrogen-bond donors (Lipinski definition) is 3. The van der Waals surface area contributed by atoms with Crippen LogP contribution in [0.1, 0.15) is 29.9 Å². The van der Waals surface area contributed by atoms with Gasteiger partial charge in [0.1, 0.15) is 6.61 Å². The van der Waals surface area contributed by atoms with E-state index in [0.29, 0.717) is 6.42 Å². The highest BCUT2D eigenvalue weighted by molar-refractivity contribution is 5.79. The van der Waals surface area contributed by atoms with Crippen LogP contribution in [0.3, 0.4) is 0 Å². The number of carbonyl (C=O) groups excluding carboxylic acids is 2. The minimum absolute atomic E-state index is 0.00778. The van der Waals surface area contributed by atoms with Gasteiger partial charge in [-0.25, -0.2) is 4.79 Å². The summed E-state index contributed by atoms with van der Waals surface area (Å²) in [5.41, 5.74) is 4.67. The zero-order valence-electron chi connectivity index (χ0n) is 18.7. The lowest BCUT2D eigenvalue weighted by Gasteiger charge is -2.14. The van der Waals surface area contributed by atoms with Crippen LogP contribution in [0.4, 0.5) is 4.79 Å². The van der Waals surface area contributed by atoms with Crippen LogP contribution in [0.5, 0.6) is 0 Å². The van der Waals surface area contributed by atoms with Gasteiger partial charge in [-0.3, -0.25) is 9.59 Å². The monoisotopic (exact) mass is 464 g/mol. The van der Waals surface area contributed by atoms with Crippen molar-refractivity contribution in [3.63, 3.8) is 0 Å². The molecule has 3 N–H and O–H groups in total. The lowest BCUT2D eigenvalue weighted by atomic mass is 9.98. The van der Waals surface area contributed by atoms with Crippen LogP contribution in [0.2, 0.25) is 0 Å². The molecule has 2 unspecified atom stereocenters. The molecule has 0 saturated carbocycles. The number of alkyl carbamates (subject to hydrolysis) is 1. The third kappa shape index (κ3) is 5.63. The van der Waals surface area contributed by atoms with E-state index < -0.39 is 18.0 Å².